The van der Waals surface area contributed by atoms with Gasteiger partial charge in [-0.15, -0.1) is 0 Å². The predicted octanol–water partition coefficient (Wildman–Crippen LogP) is 5.91. The number of imidazole rings is 1. The van der Waals surface area contributed by atoms with Gasteiger partial charge in [0.25, 0.3) is 0 Å². The maximum atomic E-state index is 13.0. The van der Waals surface area contributed by atoms with Crippen molar-refractivity contribution in [1.82, 2.24) is 9.55 Å². The molecule has 144 valence electrons. The Kier molecular flexibility index (Phi) is 5.18. The molecule has 0 saturated carbocycles. The number of alkyl halides is 3. The first-order valence-corrected chi connectivity index (χ1v) is 8.92. The topological polar surface area (TPSA) is 27.1 Å². The van der Waals surface area contributed by atoms with Crippen LogP contribution >= 0.6 is 0 Å². The van der Waals surface area contributed by atoms with Crippen molar-refractivity contribution in [3.8, 4) is 5.75 Å². The smallest absolute Gasteiger partial charge is 0.416 e. The standard InChI is InChI=1S/C21H23F3N2O/c1-13(2)11-26-18-9-8-16(21(22,23)24)10-17(18)25-20(26)12-27-19-7-5-6-14(3)15(19)4/h5-10,13H,11-12H2,1-4H3. The fraction of sp³-hybridized carbons (Fsp3) is 0.381. The summed E-state index contributed by atoms with van der Waals surface area (Å²) >= 11 is 0. The van der Waals surface area contributed by atoms with Crippen LogP contribution in [0.2, 0.25) is 0 Å². The summed E-state index contributed by atoms with van der Waals surface area (Å²) in [5.41, 5.74) is 2.51. The van der Waals surface area contributed by atoms with E-state index >= 15 is 0 Å². The van der Waals surface area contributed by atoms with E-state index in [0.717, 1.165) is 29.0 Å². The third-order valence-corrected chi connectivity index (χ3v) is 4.61. The lowest BCUT2D eigenvalue weighted by Crippen LogP contribution is -2.11. The lowest BCUT2D eigenvalue weighted by molar-refractivity contribution is -0.137. The van der Waals surface area contributed by atoms with Crippen molar-refractivity contribution < 1.29 is 17.9 Å². The second-order valence-corrected chi connectivity index (χ2v) is 7.22. The van der Waals surface area contributed by atoms with Crippen molar-refractivity contribution in [2.24, 2.45) is 5.92 Å². The van der Waals surface area contributed by atoms with Crippen LogP contribution < -0.4 is 4.74 Å². The van der Waals surface area contributed by atoms with Crippen LogP contribution in [0.1, 0.15) is 36.4 Å². The molecule has 27 heavy (non-hydrogen) atoms. The van der Waals surface area contributed by atoms with Crippen LogP contribution in [0.4, 0.5) is 13.2 Å². The van der Waals surface area contributed by atoms with Crippen LogP contribution in [0.15, 0.2) is 36.4 Å². The molecule has 6 heteroatoms. The number of aryl methyl sites for hydroxylation is 1. The van der Waals surface area contributed by atoms with Gasteiger partial charge in [-0.1, -0.05) is 26.0 Å². The van der Waals surface area contributed by atoms with E-state index < -0.39 is 11.7 Å². The number of benzene rings is 2. The number of ether oxygens (including phenoxy) is 1. The first-order valence-electron chi connectivity index (χ1n) is 8.92. The van der Waals surface area contributed by atoms with Gasteiger partial charge in [0, 0.05) is 6.54 Å². The Morgan fingerprint density at radius 1 is 1.11 bits per heavy atom. The Labute approximate surface area is 156 Å². The first kappa shape index (κ1) is 19.3. The van der Waals surface area contributed by atoms with Crippen molar-refractivity contribution in [2.45, 2.75) is 47.0 Å². The van der Waals surface area contributed by atoms with Crippen LogP contribution in [0.3, 0.4) is 0 Å². The molecule has 0 aliphatic carbocycles. The second-order valence-electron chi connectivity index (χ2n) is 7.22. The van der Waals surface area contributed by atoms with E-state index in [1.165, 1.54) is 6.07 Å². The minimum absolute atomic E-state index is 0.201. The Morgan fingerprint density at radius 2 is 1.85 bits per heavy atom. The SMILES string of the molecule is Cc1cccc(OCc2nc3cc(C(F)(F)F)ccc3n2CC(C)C)c1C. The molecule has 1 heterocycles. The molecule has 0 fully saturated rings. The Bertz CT molecular complexity index is 958. The fourth-order valence-electron chi connectivity index (χ4n) is 3.06. The third-order valence-electron chi connectivity index (χ3n) is 4.61. The zero-order chi connectivity index (χ0) is 19.8. The Hall–Kier alpha value is -2.50. The third kappa shape index (κ3) is 4.10. The molecule has 0 atom stereocenters. The van der Waals surface area contributed by atoms with Gasteiger partial charge in [0.05, 0.1) is 16.6 Å². The minimum atomic E-state index is -4.38. The molecule has 0 saturated heterocycles. The molecular weight excluding hydrogens is 353 g/mol. The van der Waals surface area contributed by atoms with Gasteiger partial charge < -0.3 is 9.30 Å². The molecule has 1 aromatic heterocycles. The normalized spacial score (nSPS) is 12.1. The summed E-state index contributed by atoms with van der Waals surface area (Å²) in [5.74, 6) is 1.71. The quantitative estimate of drug-likeness (QED) is 0.554. The predicted molar refractivity (Wildman–Crippen MR) is 99.8 cm³/mol. The molecule has 0 radical (unpaired) electrons. The lowest BCUT2D eigenvalue weighted by atomic mass is 10.1. The summed E-state index contributed by atoms with van der Waals surface area (Å²) in [7, 11) is 0. The maximum Gasteiger partial charge on any atom is 0.416 e. The number of fused-ring (bicyclic) bond motifs is 1. The zero-order valence-electron chi connectivity index (χ0n) is 15.9. The zero-order valence-corrected chi connectivity index (χ0v) is 15.9. The molecular formula is C21H23F3N2O. The molecule has 0 unspecified atom stereocenters. The second kappa shape index (κ2) is 7.25. The van der Waals surface area contributed by atoms with E-state index in [4.69, 9.17) is 4.74 Å². The monoisotopic (exact) mass is 376 g/mol. The van der Waals surface area contributed by atoms with Crippen molar-refractivity contribution >= 4 is 11.0 Å². The number of nitrogens with zero attached hydrogens (tertiary/aromatic N) is 2. The van der Waals surface area contributed by atoms with E-state index in [-0.39, 0.29) is 6.61 Å². The number of hydrogen-bond acceptors (Lipinski definition) is 2. The van der Waals surface area contributed by atoms with Crippen LogP contribution in [-0.4, -0.2) is 9.55 Å². The molecule has 0 bridgehead atoms. The molecule has 0 amide bonds. The average Bonchev–Trinajstić information content (AvgIpc) is 2.92. The van der Waals surface area contributed by atoms with Crippen molar-refractivity contribution in [3.63, 3.8) is 0 Å². The average molecular weight is 376 g/mol. The molecule has 0 N–H and O–H groups in total. The summed E-state index contributed by atoms with van der Waals surface area (Å²) < 4.78 is 47.0. The lowest BCUT2D eigenvalue weighted by Gasteiger charge is -2.14. The van der Waals surface area contributed by atoms with Gasteiger partial charge in [0.1, 0.15) is 18.2 Å². The maximum absolute atomic E-state index is 13.0. The molecule has 0 aliphatic heterocycles. The van der Waals surface area contributed by atoms with E-state index in [0.29, 0.717) is 29.3 Å². The number of rotatable bonds is 5. The van der Waals surface area contributed by atoms with E-state index in [1.54, 1.807) is 0 Å². The van der Waals surface area contributed by atoms with Crippen LogP contribution in [0.5, 0.6) is 5.75 Å². The van der Waals surface area contributed by atoms with E-state index in [2.05, 4.69) is 18.8 Å². The number of aromatic nitrogens is 2. The van der Waals surface area contributed by atoms with E-state index in [1.807, 2.05) is 36.6 Å². The molecule has 0 aliphatic rings. The summed E-state index contributed by atoms with van der Waals surface area (Å²) in [6.45, 7) is 8.98. The van der Waals surface area contributed by atoms with Crippen molar-refractivity contribution in [3.05, 3.63) is 58.9 Å². The highest BCUT2D eigenvalue weighted by molar-refractivity contribution is 5.77. The Morgan fingerprint density at radius 3 is 2.52 bits per heavy atom. The minimum Gasteiger partial charge on any atom is -0.485 e. The molecule has 3 nitrogen and oxygen atoms in total. The summed E-state index contributed by atoms with van der Waals surface area (Å²) in [4.78, 5) is 4.45. The van der Waals surface area contributed by atoms with Gasteiger partial charge in [-0.05, 0) is 55.2 Å². The van der Waals surface area contributed by atoms with Crippen molar-refractivity contribution in [1.29, 1.82) is 0 Å². The molecule has 0 spiro atoms. The number of halogens is 3. The molecule has 2 aromatic carbocycles. The van der Waals surface area contributed by atoms with Gasteiger partial charge in [-0.3, -0.25) is 0 Å². The van der Waals surface area contributed by atoms with Gasteiger partial charge in [-0.25, -0.2) is 4.98 Å². The van der Waals surface area contributed by atoms with Crippen LogP contribution in [-0.2, 0) is 19.3 Å². The summed E-state index contributed by atoms with van der Waals surface area (Å²) in [5, 5.41) is 0. The van der Waals surface area contributed by atoms with Gasteiger partial charge in [-0.2, -0.15) is 13.2 Å². The fourth-order valence-corrected chi connectivity index (χ4v) is 3.06. The first-order chi connectivity index (χ1) is 12.7. The van der Waals surface area contributed by atoms with Crippen molar-refractivity contribution in [2.75, 3.05) is 0 Å². The Balaban J connectivity index is 1.98. The van der Waals surface area contributed by atoms with Gasteiger partial charge in [0.15, 0.2) is 0 Å². The summed E-state index contributed by atoms with van der Waals surface area (Å²) in [6, 6.07) is 9.53. The molecule has 3 rings (SSSR count). The van der Waals surface area contributed by atoms with Gasteiger partial charge >= 0.3 is 6.18 Å². The van der Waals surface area contributed by atoms with Crippen LogP contribution in [0.25, 0.3) is 11.0 Å². The molecule has 3 aromatic rings. The highest BCUT2D eigenvalue weighted by atomic mass is 19.4. The van der Waals surface area contributed by atoms with E-state index in [9.17, 15) is 13.2 Å². The summed E-state index contributed by atoms with van der Waals surface area (Å²) in [6.07, 6.45) is -4.38. The van der Waals surface area contributed by atoms with Crippen LogP contribution in [0, 0.1) is 19.8 Å². The van der Waals surface area contributed by atoms with Gasteiger partial charge in [0.2, 0.25) is 0 Å². The highest BCUT2D eigenvalue weighted by Gasteiger charge is 2.31. The number of hydrogen-bond donors (Lipinski definition) is 0. The highest BCUT2D eigenvalue weighted by Crippen LogP contribution is 2.32. The largest absolute Gasteiger partial charge is 0.485 e.